The van der Waals surface area contributed by atoms with Gasteiger partial charge in [-0.1, -0.05) is 23.8 Å². The van der Waals surface area contributed by atoms with Gasteiger partial charge in [-0.3, -0.25) is 9.59 Å². The SMILES string of the molecule is Cc1ccc(C)c(C2C(C(=O)O)CCC(=O)N2C)c1. The summed E-state index contributed by atoms with van der Waals surface area (Å²) in [5.41, 5.74) is 3.06. The van der Waals surface area contributed by atoms with Gasteiger partial charge >= 0.3 is 5.97 Å². The van der Waals surface area contributed by atoms with Crippen LogP contribution < -0.4 is 0 Å². The van der Waals surface area contributed by atoms with E-state index in [-0.39, 0.29) is 11.9 Å². The third kappa shape index (κ3) is 2.48. The molecule has 1 saturated heterocycles. The Morgan fingerprint density at radius 3 is 2.68 bits per heavy atom. The molecule has 2 atom stereocenters. The van der Waals surface area contributed by atoms with Gasteiger partial charge in [-0.05, 0) is 31.4 Å². The second kappa shape index (κ2) is 5.03. The van der Waals surface area contributed by atoms with Gasteiger partial charge in [-0.25, -0.2) is 0 Å². The molecule has 0 aliphatic carbocycles. The quantitative estimate of drug-likeness (QED) is 0.888. The molecule has 1 fully saturated rings. The van der Waals surface area contributed by atoms with Crippen LogP contribution in [0, 0.1) is 19.8 Å². The van der Waals surface area contributed by atoms with Crippen molar-refractivity contribution >= 4 is 11.9 Å². The van der Waals surface area contributed by atoms with Crippen molar-refractivity contribution in [2.75, 3.05) is 7.05 Å². The van der Waals surface area contributed by atoms with Crippen LogP contribution in [-0.2, 0) is 9.59 Å². The van der Waals surface area contributed by atoms with Gasteiger partial charge in [0, 0.05) is 13.5 Å². The smallest absolute Gasteiger partial charge is 0.308 e. The first-order valence-electron chi connectivity index (χ1n) is 6.47. The number of piperidine rings is 1. The topological polar surface area (TPSA) is 57.6 Å². The highest BCUT2D eigenvalue weighted by atomic mass is 16.4. The maximum atomic E-state index is 11.9. The molecule has 2 unspecified atom stereocenters. The molecule has 1 amide bonds. The first kappa shape index (κ1) is 13.6. The zero-order chi connectivity index (χ0) is 14.2. The molecule has 1 aromatic carbocycles. The monoisotopic (exact) mass is 261 g/mol. The summed E-state index contributed by atoms with van der Waals surface area (Å²) in [7, 11) is 1.70. The summed E-state index contributed by atoms with van der Waals surface area (Å²) < 4.78 is 0. The van der Waals surface area contributed by atoms with E-state index < -0.39 is 11.9 Å². The van der Waals surface area contributed by atoms with Crippen molar-refractivity contribution in [3.05, 3.63) is 34.9 Å². The highest BCUT2D eigenvalue weighted by Crippen LogP contribution is 2.37. The largest absolute Gasteiger partial charge is 0.481 e. The predicted molar refractivity (Wildman–Crippen MR) is 71.8 cm³/mol. The minimum Gasteiger partial charge on any atom is -0.481 e. The van der Waals surface area contributed by atoms with Crippen LogP contribution >= 0.6 is 0 Å². The lowest BCUT2D eigenvalue weighted by molar-refractivity contribution is -0.150. The molecule has 0 saturated carbocycles. The van der Waals surface area contributed by atoms with E-state index >= 15 is 0 Å². The molecule has 1 aromatic rings. The summed E-state index contributed by atoms with van der Waals surface area (Å²) >= 11 is 0. The number of benzene rings is 1. The number of carboxylic acids is 1. The van der Waals surface area contributed by atoms with E-state index in [1.165, 1.54) is 0 Å². The number of amides is 1. The van der Waals surface area contributed by atoms with Crippen LogP contribution in [0.1, 0.15) is 35.6 Å². The van der Waals surface area contributed by atoms with E-state index in [0.29, 0.717) is 12.8 Å². The maximum absolute atomic E-state index is 11.9. The number of aliphatic carboxylic acids is 1. The van der Waals surface area contributed by atoms with Gasteiger partial charge in [0.05, 0.1) is 12.0 Å². The number of carbonyl (C=O) groups excluding carboxylic acids is 1. The number of carboxylic acid groups (broad SMARTS) is 1. The zero-order valence-corrected chi connectivity index (χ0v) is 11.5. The Hall–Kier alpha value is -1.84. The molecule has 2 rings (SSSR count). The van der Waals surface area contributed by atoms with E-state index in [1.54, 1.807) is 11.9 Å². The fraction of sp³-hybridized carbons (Fsp3) is 0.467. The maximum Gasteiger partial charge on any atom is 0.308 e. The van der Waals surface area contributed by atoms with E-state index in [4.69, 9.17) is 0 Å². The number of likely N-dealkylation sites (tertiary alicyclic amines) is 1. The van der Waals surface area contributed by atoms with Crippen LogP contribution in [0.3, 0.4) is 0 Å². The molecule has 102 valence electrons. The van der Waals surface area contributed by atoms with Crippen LogP contribution in [-0.4, -0.2) is 28.9 Å². The molecule has 0 aromatic heterocycles. The highest BCUT2D eigenvalue weighted by molar-refractivity contribution is 5.81. The van der Waals surface area contributed by atoms with Crippen LogP contribution in [0.4, 0.5) is 0 Å². The molecule has 19 heavy (non-hydrogen) atoms. The van der Waals surface area contributed by atoms with E-state index in [1.807, 2.05) is 32.0 Å². The Morgan fingerprint density at radius 2 is 2.05 bits per heavy atom. The summed E-state index contributed by atoms with van der Waals surface area (Å²) in [6.45, 7) is 3.93. The van der Waals surface area contributed by atoms with Crippen LogP contribution in [0.2, 0.25) is 0 Å². The predicted octanol–water partition coefficient (Wildman–Crippen LogP) is 2.30. The third-order valence-electron chi connectivity index (χ3n) is 3.93. The Kier molecular flexibility index (Phi) is 3.60. The Balaban J connectivity index is 2.49. The van der Waals surface area contributed by atoms with E-state index in [2.05, 4.69) is 0 Å². The normalized spacial score (nSPS) is 23.5. The summed E-state index contributed by atoms with van der Waals surface area (Å²) in [6, 6.07) is 5.61. The molecule has 4 heteroatoms. The number of rotatable bonds is 2. The third-order valence-corrected chi connectivity index (χ3v) is 3.93. The molecule has 4 nitrogen and oxygen atoms in total. The van der Waals surface area contributed by atoms with Gasteiger partial charge in [0.2, 0.25) is 5.91 Å². The molecular weight excluding hydrogens is 242 g/mol. The van der Waals surface area contributed by atoms with Crippen LogP contribution in [0.15, 0.2) is 18.2 Å². The molecule has 0 radical (unpaired) electrons. The summed E-state index contributed by atoms with van der Waals surface area (Å²) in [4.78, 5) is 24.9. The lowest BCUT2D eigenvalue weighted by Crippen LogP contribution is -2.43. The van der Waals surface area contributed by atoms with E-state index in [0.717, 1.165) is 16.7 Å². The number of nitrogens with zero attached hydrogens (tertiary/aromatic N) is 1. The molecule has 0 bridgehead atoms. The van der Waals surface area contributed by atoms with E-state index in [9.17, 15) is 14.7 Å². The number of aryl methyl sites for hydroxylation is 2. The van der Waals surface area contributed by atoms with Gasteiger partial charge in [-0.15, -0.1) is 0 Å². The Bertz CT molecular complexity index is 524. The lowest BCUT2D eigenvalue weighted by Gasteiger charge is -2.38. The summed E-state index contributed by atoms with van der Waals surface area (Å²) in [6.07, 6.45) is 0.728. The van der Waals surface area contributed by atoms with Crippen molar-refractivity contribution in [3.8, 4) is 0 Å². The molecule has 1 aliphatic rings. The minimum absolute atomic E-state index is 0.0170. The molecule has 1 heterocycles. The van der Waals surface area contributed by atoms with Gasteiger partial charge in [0.15, 0.2) is 0 Å². The molecular formula is C15H19NO3. The fourth-order valence-corrected chi connectivity index (χ4v) is 2.80. The zero-order valence-electron chi connectivity index (χ0n) is 11.5. The summed E-state index contributed by atoms with van der Waals surface area (Å²) in [5, 5.41) is 9.40. The van der Waals surface area contributed by atoms with Gasteiger partial charge in [0.25, 0.3) is 0 Å². The second-order valence-electron chi connectivity index (χ2n) is 5.29. The number of carbonyl (C=O) groups is 2. The van der Waals surface area contributed by atoms with Crippen molar-refractivity contribution in [3.63, 3.8) is 0 Å². The Morgan fingerprint density at radius 1 is 1.37 bits per heavy atom. The lowest BCUT2D eigenvalue weighted by atomic mass is 9.82. The first-order chi connectivity index (χ1) is 8.91. The van der Waals surface area contributed by atoms with Gasteiger partial charge in [0.1, 0.15) is 0 Å². The highest BCUT2D eigenvalue weighted by Gasteiger charge is 2.39. The fourth-order valence-electron chi connectivity index (χ4n) is 2.80. The van der Waals surface area contributed by atoms with Gasteiger partial charge in [-0.2, -0.15) is 0 Å². The number of hydrogen-bond donors (Lipinski definition) is 1. The van der Waals surface area contributed by atoms with Crippen molar-refractivity contribution < 1.29 is 14.7 Å². The second-order valence-corrected chi connectivity index (χ2v) is 5.29. The first-order valence-corrected chi connectivity index (χ1v) is 6.47. The number of hydrogen-bond acceptors (Lipinski definition) is 2. The standard InChI is InChI=1S/C15H19NO3/c1-9-4-5-10(2)12(8-9)14-11(15(18)19)6-7-13(17)16(14)3/h4-5,8,11,14H,6-7H2,1-3H3,(H,18,19). The average molecular weight is 261 g/mol. The van der Waals surface area contributed by atoms with Crippen LogP contribution in [0.25, 0.3) is 0 Å². The molecule has 0 spiro atoms. The molecule has 1 N–H and O–H groups in total. The van der Waals surface area contributed by atoms with Gasteiger partial charge < -0.3 is 10.0 Å². The summed E-state index contributed by atoms with van der Waals surface area (Å²) in [5.74, 6) is -1.34. The average Bonchev–Trinajstić information content (AvgIpc) is 2.35. The van der Waals surface area contributed by atoms with Crippen molar-refractivity contribution in [1.29, 1.82) is 0 Å². The van der Waals surface area contributed by atoms with Crippen molar-refractivity contribution in [2.45, 2.75) is 32.7 Å². The minimum atomic E-state index is -0.828. The van der Waals surface area contributed by atoms with Crippen LogP contribution in [0.5, 0.6) is 0 Å². The van der Waals surface area contributed by atoms with Crippen molar-refractivity contribution in [2.24, 2.45) is 5.92 Å². The Labute approximate surface area is 113 Å². The molecule has 1 aliphatic heterocycles. The van der Waals surface area contributed by atoms with Crippen molar-refractivity contribution in [1.82, 2.24) is 4.90 Å².